The number of pyridine rings is 1. The number of ether oxygens (including phenoxy) is 1. The van der Waals surface area contributed by atoms with Gasteiger partial charge in [-0.3, -0.25) is 4.98 Å². The number of hydrogen-bond donors (Lipinski definition) is 1. The van der Waals surface area contributed by atoms with Crippen LogP contribution in [0, 0.1) is 0 Å². The van der Waals surface area contributed by atoms with Gasteiger partial charge in [-0.25, -0.2) is 4.79 Å². The van der Waals surface area contributed by atoms with Crippen molar-refractivity contribution in [2.45, 2.75) is 6.42 Å². The second-order valence-corrected chi connectivity index (χ2v) is 5.90. The topological polar surface area (TPSA) is 54.5 Å². The summed E-state index contributed by atoms with van der Waals surface area (Å²) in [6, 6.07) is 20.7. The third-order valence-corrected chi connectivity index (χ3v) is 3.92. The maximum Gasteiger partial charge on any atom is 0.321 e. The molecule has 0 atom stereocenters. The Morgan fingerprint density at radius 1 is 0.962 bits per heavy atom. The van der Waals surface area contributed by atoms with Gasteiger partial charge in [0, 0.05) is 31.7 Å². The summed E-state index contributed by atoms with van der Waals surface area (Å²) in [4.78, 5) is 17.9. The highest BCUT2D eigenvalue weighted by molar-refractivity contribution is 5.89. The third kappa shape index (κ3) is 5.08. The van der Waals surface area contributed by atoms with Crippen molar-refractivity contribution in [3.8, 4) is 11.5 Å². The lowest BCUT2D eigenvalue weighted by atomic mass is 10.2. The molecule has 0 aliphatic rings. The van der Waals surface area contributed by atoms with Gasteiger partial charge in [-0.2, -0.15) is 0 Å². The van der Waals surface area contributed by atoms with Crippen LogP contribution in [0.5, 0.6) is 11.5 Å². The minimum Gasteiger partial charge on any atom is -0.457 e. The predicted octanol–water partition coefficient (Wildman–Crippen LogP) is 4.58. The zero-order valence-corrected chi connectivity index (χ0v) is 14.6. The largest absolute Gasteiger partial charge is 0.457 e. The van der Waals surface area contributed by atoms with E-state index in [2.05, 4.69) is 10.3 Å². The van der Waals surface area contributed by atoms with E-state index in [1.165, 1.54) is 0 Å². The number of hydrogen-bond acceptors (Lipinski definition) is 3. The molecule has 1 heterocycles. The molecule has 0 saturated heterocycles. The lowest BCUT2D eigenvalue weighted by molar-refractivity contribution is 0.223. The van der Waals surface area contributed by atoms with E-state index >= 15 is 0 Å². The van der Waals surface area contributed by atoms with E-state index in [-0.39, 0.29) is 6.03 Å². The number of anilines is 1. The van der Waals surface area contributed by atoms with E-state index in [9.17, 15) is 4.79 Å². The highest BCUT2D eigenvalue weighted by atomic mass is 16.5. The predicted molar refractivity (Wildman–Crippen MR) is 103 cm³/mol. The Morgan fingerprint density at radius 2 is 1.62 bits per heavy atom. The fourth-order valence-electron chi connectivity index (χ4n) is 2.40. The summed E-state index contributed by atoms with van der Waals surface area (Å²) in [6.07, 6.45) is 4.30. The summed E-state index contributed by atoms with van der Waals surface area (Å²) in [5, 5.41) is 2.89. The van der Waals surface area contributed by atoms with Crippen molar-refractivity contribution in [1.29, 1.82) is 0 Å². The molecule has 5 heteroatoms. The van der Waals surface area contributed by atoms with Crippen LogP contribution in [0.1, 0.15) is 5.56 Å². The molecule has 26 heavy (non-hydrogen) atoms. The smallest absolute Gasteiger partial charge is 0.321 e. The fraction of sp³-hybridized carbons (Fsp3) is 0.143. The normalized spacial score (nSPS) is 10.2. The molecule has 1 N–H and O–H groups in total. The van der Waals surface area contributed by atoms with Crippen molar-refractivity contribution in [2.75, 3.05) is 18.9 Å². The number of para-hydroxylation sites is 1. The summed E-state index contributed by atoms with van der Waals surface area (Å²) >= 11 is 0. The number of amides is 2. The number of carbonyl (C=O) groups is 1. The van der Waals surface area contributed by atoms with Crippen LogP contribution in [0.3, 0.4) is 0 Å². The molecule has 3 aromatic rings. The Labute approximate surface area is 153 Å². The van der Waals surface area contributed by atoms with Crippen LogP contribution in [0.2, 0.25) is 0 Å². The van der Waals surface area contributed by atoms with Crippen LogP contribution in [-0.4, -0.2) is 29.5 Å². The minimum atomic E-state index is -0.143. The Bertz CT molecular complexity index is 821. The van der Waals surface area contributed by atoms with Crippen molar-refractivity contribution in [1.82, 2.24) is 9.88 Å². The summed E-state index contributed by atoms with van der Waals surface area (Å²) < 4.78 is 5.75. The molecule has 0 unspecified atom stereocenters. The Hall–Kier alpha value is -3.34. The summed E-state index contributed by atoms with van der Waals surface area (Å²) in [6.45, 7) is 0.630. The van der Waals surface area contributed by atoms with Crippen LogP contribution >= 0.6 is 0 Å². The summed E-state index contributed by atoms with van der Waals surface area (Å²) in [5.74, 6) is 1.50. The van der Waals surface area contributed by atoms with Crippen LogP contribution in [0.25, 0.3) is 0 Å². The van der Waals surface area contributed by atoms with Gasteiger partial charge in [0.2, 0.25) is 0 Å². The third-order valence-electron chi connectivity index (χ3n) is 3.92. The average Bonchev–Trinajstić information content (AvgIpc) is 2.69. The van der Waals surface area contributed by atoms with E-state index in [0.717, 1.165) is 29.2 Å². The summed E-state index contributed by atoms with van der Waals surface area (Å²) in [7, 11) is 1.78. The fourth-order valence-corrected chi connectivity index (χ4v) is 2.40. The number of likely N-dealkylation sites (N-methyl/N-ethyl adjacent to an activating group) is 1. The van der Waals surface area contributed by atoms with Gasteiger partial charge in [-0.1, -0.05) is 18.2 Å². The molecule has 1 aromatic heterocycles. The number of carbonyl (C=O) groups excluding carboxylic acids is 1. The quantitative estimate of drug-likeness (QED) is 0.710. The molecule has 3 rings (SSSR count). The number of urea groups is 1. The van der Waals surface area contributed by atoms with Crippen LogP contribution < -0.4 is 10.1 Å². The van der Waals surface area contributed by atoms with Gasteiger partial charge in [0.15, 0.2) is 0 Å². The van der Waals surface area contributed by atoms with Crippen molar-refractivity contribution in [2.24, 2.45) is 0 Å². The Balaban J connectivity index is 1.50. The molecule has 0 aliphatic carbocycles. The lowest BCUT2D eigenvalue weighted by Crippen LogP contribution is -2.32. The highest BCUT2D eigenvalue weighted by Gasteiger charge is 2.09. The number of nitrogens with one attached hydrogen (secondary N) is 1. The first-order valence-corrected chi connectivity index (χ1v) is 8.45. The lowest BCUT2D eigenvalue weighted by Gasteiger charge is -2.18. The zero-order chi connectivity index (χ0) is 18.2. The van der Waals surface area contributed by atoms with E-state index < -0.39 is 0 Å². The van der Waals surface area contributed by atoms with E-state index in [1.807, 2.05) is 66.7 Å². The Morgan fingerprint density at radius 3 is 2.31 bits per heavy atom. The molecule has 5 nitrogen and oxygen atoms in total. The van der Waals surface area contributed by atoms with Gasteiger partial charge in [0.1, 0.15) is 11.5 Å². The van der Waals surface area contributed by atoms with Crippen molar-refractivity contribution in [3.05, 3.63) is 84.7 Å². The summed E-state index contributed by atoms with van der Waals surface area (Å²) in [5.41, 5.74) is 1.88. The maximum absolute atomic E-state index is 12.3. The van der Waals surface area contributed by atoms with E-state index in [1.54, 1.807) is 24.3 Å². The van der Waals surface area contributed by atoms with Crippen molar-refractivity contribution >= 4 is 11.7 Å². The first-order valence-electron chi connectivity index (χ1n) is 8.45. The van der Waals surface area contributed by atoms with Gasteiger partial charge in [-0.05, 0) is 60.5 Å². The molecule has 132 valence electrons. The van der Waals surface area contributed by atoms with Crippen molar-refractivity contribution < 1.29 is 9.53 Å². The standard InChI is InChI=1S/C21H21N3O2/c1-24(16-13-17-11-14-22-15-12-17)21(25)23-18-7-9-20(10-8-18)26-19-5-3-2-4-6-19/h2-12,14-15H,13,16H2,1H3,(H,23,25). The molecular weight excluding hydrogens is 326 g/mol. The first kappa shape index (κ1) is 17.5. The highest BCUT2D eigenvalue weighted by Crippen LogP contribution is 2.22. The van der Waals surface area contributed by atoms with Crippen molar-refractivity contribution in [3.63, 3.8) is 0 Å². The van der Waals surface area contributed by atoms with Crippen LogP contribution in [-0.2, 0) is 6.42 Å². The van der Waals surface area contributed by atoms with E-state index in [0.29, 0.717) is 6.54 Å². The number of aromatic nitrogens is 1. The minimum absolute atomic E-state index is 0.143. The molecule has 2 amide bonds. The number of rotatable bonds is 6. The molecular formula is C21H21N3O2. The zero-order valence-electron chi connectivity index (χ0n) is 14.6. The van der Waals surface area contributed by atoms with Gasteiger partial charge >= 0.3 is 6.03 Å². The molecule has 0 bridgehead atoms. The number of nitrogens with zero attached hydrogens (tertiary/aromatic N) is 2. The van der Waals surface area contributed by atoms with Gasteiger partial charge in [0.05, 0.1) is 0 Å². The van der Waals surface area contributed by atoms with Gasteiger partial charge < -0.3 is 15.0 Å². The van der Waals surface area contributed by atoms with E-state index in [4.69, 9.17) is 4.74 Å². The Kier molecular flexibility index (Phi) is 5.83. The van der Waals surface area contributed by atoms with Gasteiger partial charge in [0.25, 0.3) is 0 Å². The van der Waals surface area contributed by atoms with Gasteiger partial charge in [-0.15, -0.1) is 0 Å². The molecule has 2 aromatic carbocycles. The molecule has 0 aliphatic heterocycles. The second kappa shape index (κ2) is 8.67. The average molecular weight is 347 g/mol. The molecule has 0 spiro atoms. The number of benzene rings is 2. The van der Waals surface area contributed by atoms with Crippen LogP contribution in [0.4, 0.5) is 10.5 Å². The first-order chi connectivity index (χ1) is 12.7. The maximum atomic E-state index is 12.3. The second-order valence-electron chi connectivity index (χ2n) is 5.90. The monoisotopic (exact) mass is 347 g/mol. The molecule has 0 saturated carbocycles. The molecule has 0 radical (unpaired) electrons. The SMILES string of the molecule is CN(CCc1ccncc1)C(=O)Nc1ccc(Oc2ccccc2)cc1. The molecule has 0 fully saturated rings. The van der Waals surface area contributed by atoms with Crippen LogP contribution in [0.15, 0.2) is 79.1 Å².